The van der Waals surface area contributed by atoms with Crippen LogP contribution < -0.4 is 0 Å². The van der Waals surface area contributed by atoms with E-state index in [4.69, 9.17) is 4.42 Å². The number of rotatable bonds is 5. The predicted molar refractivity (Wildman–Crippen MR) is 67.6 cm³/mol. The lowest BCUT2D eigenvalue weighted by Crippen LogP contribution is -2.08. The van der Waals surface area contributed by atoms with Gasteiger partial charge in [-0.15, -0.1) is 0 Å². The van der Waals surface area contributed by atoms with Gasteiger partial charge >= 0.3 is 0 Å². The molecule has 0 amide bonds. The maximum absolute atomic E-state index is 10.0. The molecule has 0 aliphatic rings. The van der Waals surface area contributed by atoms with Crippen molar-refractivity contribution in [2.45, 2.75) is 32.4 Å². The summed E-state index contributed by atoms with van der Waals surface area (Å²) in [5.41, 5.74) is 0. The molecule has 0 aliphatic carbocycles. The van der Waals surface area contributed by atoms with Crippen LogP contribution in [-0.4, -0.2) is 14.7 Å². The summed E-state index contributed by atoms with van der Waals surface area (Å²) in [6.45, 7) is 3.04. The molecule has 2 aromatic rings. The van der Waals surface area contributed by atoms with E-state index in [2.05, 4.69) is 32.4 Å². The van der Waals surface area contributed by atoms with Crippen LogP contribution in [-0.2, 0) is 13.0 Å². The Kier molecular flexibility index (Phi) is 4.02. The van der Waals surface area contributed by atoms with E-state index in [1.807, 2.05) is 6.20 Å². The maximum Gasteiger partial charge on any atom is 0.169 e. The van der Waals surface area contributed by atoms with Gasteiger partial charge in [-0.05, 0) is 34.5 Å². The number of hydrogen-bond acceptors (Lipinski definition) is 3. The molecular formula is C12H15BrN2O2. The van der Waals surface area contributed by atoms with Crippen molar-refractivity contribution in [2.75, 3.05) is 0 Å². The molecule has 1 N–H and O–H groups in total. The molecule has 0 bridgehead atoms. The Hall–Kier alpha value is -1.07. The van der Waals surface area contributed by atoms with Crippen molar-refractivity contribution in [1.82, 2.24) is 9.55 Å². The molecule has 4 nitrogen and oxygen atoms in total. The number of aliphatic hydroxyl groups is 1. The summed E-state index contributed by atoms with van der Waals surface area (Å²) in [6.07, 6.45) is 4.55. The van der Waals surface area contributed by atoms with E-state index < -0.39 is 6.10 Å². The first-order valence-corrected chi connectivity index (χ1v) is 6.43. The van der Waals surface area contributed by atoms with Crippen molar-refractivity contribution in [3.63, 3.8) is 0 Å². The SMILES string of the molecule is CCCn1ccnc1CC(O)c1ccc(Br)o1. The Balaban J connectivity index is 2.07. The highest BCUT2D eigenvalue weighted by Gasteiger charge is 2.15. The third kappa shape index (κ3) is 2.98. The quantitative estimate of drug-likeness (QED) is 0.923. The molecule has 2 aromatic heterocycles. The van der Waals surface area contributed by atoms with Gasteiger partial charge in [0, 0.05) is 25.4 Å². The summed E-state index contributed by atoms with van der Waals surface area (Å²) in [5, 5.41) is 10.0. The number of hydrogen-bond donors (Lipinski definition) is 1. The fraction of sp³-hybridized carbons (Fsp3) is 0.417. The minimum atomic E-state index is -0.653. The molecule has 2 heterocycles. The molecule has 0 saturated carbocycles. The van der Waals surface area contributed by atoms with Crippen LogP contribution in [0.4, 0.5) is 0 Å². The second-order valence-electron chi connectivity index (χ2n) is 3.90. The lowest BCUT2D eigenvalue weighted by atomic mass is 10.2. The van der Waals surface area contributed by atoms with Gasteiger partial charge in [0.2, 0.25) is 0 Å². The van der Waals surface area contributed by atoms with Crippen molar-refractivity contribution in [3.05, 3.63) is 40.8 Å². The average Bonchev–Trinajstić information content (AvgIpc) is 2.89. The van der Waals surface area contributed by atoms with Gasteiger partial charge in [0.15, 0.2) is 4.67 Å². The summed E-state index contributed by atoms with van der Waals surface area (Å²) < 4.78 is 8.01. The minimum Gasteiger partial charge on any atom is -0.452 e. The Morgan fingerprint density at radius 2 is 2.35 bits per heavy atom. The van der Waals surface area contributed by atoms with Crippen LogP contribution in [0.1, 0.15) is 31.0 Å². The first-order chi connectivity index (χ1) is 8.20. The fourth-order valence-corrected chi connectivity index (χ4v) is 2.07. The monoisotopic (exact) mass is 298 g/mol. The second-order valence-corrected chi connectivity index (χ2v) is 4.68. The Labute approximate surface area is 108 Å². The summed E-state index contributed by atoms with van der Waals surface area (Å²) in [4.78, 5) is 4.26. The van der Waals surface area contributed by atoms with Crippen molar-refractivity contribution in [2.24, 2.45) is 0 Å². The zero-order valence-electron chi connectivity index (χ0n) is 9.64. The van der Waals surface area contributed by atoms with Crippen LogP contribution in [0, 0.1) is 0 Å². The Morgan fingerprint density at radius 3 is 3.00 bits per heavy atom. The number of aliphatic hydroxyl groups excluding tert-OH is 1. The van der Waals surface area contributed by atoms with Gasteiger partial charge in [0.05, 0.1) is 0 Å². The van der Waals surface area contributed by atoms with Gasteiger partial charge < -0.3 is 14.1 Å². The highest BCUT2D eigenvalue weighted by Crippen LogP contribution is 2.22. The third-order valence-corrected chi connectivity index (χ3v) is 2.99. The molecule has 92 valence electrons. The molecule has 1 unspecified atom stereocenters. The fourth-order valence-electron chi connectivity index (χ4n) is 1.76. The number of imidazole rings is 1. The number of halogens is 1. The Bertz CT molecular complexity index is 478. The molecule has 0 aromatic carbocycles. The number of aryl methyl sites for hydroxylation is 1. The van der Waals surface area contributed by atoms with E-state index in [0.29, 0.717) is 16.9 Å². The standard InChI is InChI=1S/C12H15BrN2O2/c1-2-6-15-7-5-14-12(15)8-9(16)10-3-4-11(13)17-10/h3-5,7,9,16H,2,6,8H2,1H3. The normalized spacial score (nSPS) is 12.9. The summed E-state index contributed by atoms with van der Waals surface area (Å²) in [6, 6.07) is 3.54. The first-order valence-electron chi connectivity index (χ1n) is 5.64. The van der Waals surface area contributed by atoms with Crippen LogP contribution in [0.15, 0.2) is 33.6 Å². The number of aromatic nitrogens is 2. The molecule has 0 aliphatic heterocycles. The molecule has 0 fully saturated rings. The van der Waals surface area contributed by atoms with Gasteiger partial charge in [0.25, 0.3) is 0 Å². The summed E-state index contributed by atoms with van der Waals surface area (Å²) >= 11 is 3.22. The van der Waals surface area contributed by atoms with Crippen molar-refractivity contribution in [1.29, 1.82) is 0 Å². The molecule has 17 heavy (non-hydrogen) atoms. The predicted octanol–water partition coefficient (Wildman–Crippen LogP) is 2.92. The summed E-state index contributed by atoms with van der Waals surface area (Å²) in [5.74, 6) is 1.44. The van der Waals surface area contributed by atoms with Gasteiger partial charge in [-0.3, -0.25) is 0 Å². The Morgan fingerprint density at radius 1 is 1.53 bits per heavy atom. The maximum atomic E-state index is 10.0. The highest BCUT2D eigenvalue weighted by molar-refractivity contribution is 9.10. The van der Waals surface area contributed by atoms with Crippen LogP contribution in [0.2, 0.25) is 0 Å². The van der Waals surface area contributed by atoms with Gasteiger partial charge in [-0.25, -0.2) is 4.98 Å². The van der Waals surface area contributed by atoms with Crippen LogP contribution in [0.3, 0.4) is 0 Å². The van der Waals surface area contributed by atoms with E-state index in [9.17, 15) is 5.11 Å². The lowest BCUT2D eigenvalue weighted by molar-refractivity contribution is 0.145. The highest BCUT2D eigenvalue weighted by atomic mass is 79.9. The topological polar surface area (TPSA) is 51.2 Å². The van der Waals surface area contributed by atoms with Crippen molar-refractivity contribution in [3.8, 4) is 0 Å². The molecular weight excluding hydrogens is 284 g/mol. The zero-order chi connectivity index (χ0) is 12.3. The second kappa shape index (κ2) is 5.51. The van der Waals surface area contributed by atoms with Crippen LogP contribution >= 0.6 is 15.9 Å². The molecule has 0 saturated heterocycles. The van der Waals surface area contributed by atoms with E-state index in [1.54, 1.807) is 18.3 Å². The van der Waals surface area contributed by atoms with Crippen LogP contribution in [0.5, 0.6) is 0 Å². The first kappa shape index (κ1) is 12.4. The van der Waals surface area contributed by atoms with E-state index in [1.165, 1.54) is 0 Å². The molecule has 5 heteroatoms. The van der Waals surface area contributed by atoms with Crippen molar-refractivity contribution >= 4 is 15.9 Å². The smallest absolute Gasteiger partial charge is 0.169 e. The average molecular weight is 299 g/mol. The minimum absolute atomic E-state index is 0.465. The molecule has 2 rings (SSSR count). The molecule has 0 radical (unpaired) electrons. The van der Waals surface area contributed by atoms with Gasteiger partial charge in [-0.2, -0.15) is 0 Å². The zero-order valence-corrected chi connectivity index (χ0v) is 11.2. The number of nitrogens with zero attached hydrogens (tertiary/aromatic N) is 2. The van der Waals surface area contributed by atoms with Crippen molar-refractivity contribution < 1.29 is 9.52 Å². The van der Waals surface area contributed by atoms with E-state index >= 15 is 0 Å². The summed E-state index contributed by atoms with van der Waals surface area (Å²) in [7, 11) is 0. The van der Waals surface area contributed by atoms with Gasteiger partial charge in [0.1, 0.15) is 17.7 Å². The van der Waals surface area contributed by atoms with E-state index in [0.717, 1.165) is 18.8 Å². The van der Waals surface area contributed by atoms with E-state index in [-0.39, 0.29) is 0 Å². The molecule has 0 spiro atoms. The largest absolute Gasteiger partial charge is 0.452 e. The van der Waals surface area contributed by atoms with Gasteiger partial charge in [-0.1, -0.05) is 6.92 Å². The number of furan rings is 1. The molecule has 1 atom stereocenters. The third-order valence-electron chi connectivity index (χ3n) is 2.56. The van der Waals surface area contributed by atoms with Crippen LogP contribution in [0.25, 0.3) is 0 Å². The lowest BCUT2D eigenvalue weighted by Gasteiger charge is -2.09.